The van der Waals surface area contributed by atoms with E-state index >= 15 is 0 Å². The van der Waals surface area contributed by atoms with Crippen LogP contribution in [0.15, 0.2) is 36.5 Å². The summed E-state index contributed by atoms with van der Waals surface area (Å²) in [5.74, 6) is -1.76. The lowest BCUT2D eigenvalue weighted by molar-refractivity contribution is -0.161. The van der Waals surface area contributed by atoms with Gasteiger partial charge in [-0.3, -0.25) is 23.4 Å². The molecule has 348 valence electrons. The normalized spacial score (nSPS) is 19.1. The summed E-state index contributed by atoms with van der Waals surface area (Å²) in [5.41, 5.74) is 5.35. The van der Waals surface area contributed by atoms with E-state index in [1.807, 2.05) is 12.2 Å². The first kappa shape index (κ1) is 55.8. The highest BCUT2D eigenvalue weighted by Gasteiger charge is 2.39. The Bertz CT molecular complexity index is 1240. The summed E-state index contributed by atoms with van der Waals surface area (Å²) < 4.78 is 32.8. The van der Waals surface area contributed by atoms with Crippen molar-refractivity contribution in [3.63, 3.8) is 0 Å². The van der Waals surface area contributed by atoms with Crippen molar-refractivity contribution in [1.82, 2.24) is 0 Å². The van der Waals surface area contributed by atoms with E-state index in [0.717, 1.165) is 38.5 Å². The number of carbonyl (C=O) groups excluding carboxylic acids is 3. The van der Waals surface area contributed by atoms with Gasteiger partial charge in [-0.25, -0.2) is 4.57 Å². The van der Waals surface area contributed by atoms with E-state index in [2.05, 4.69) is 26.0 Å². The van der Waals surface area contributed by atoms with Crippen LogP contribution in [-0.4, -0.2) is 77.5 Å². The van der Waals surface area contributed by atoms with Gasteiger partial charge in [0.25, 0.3) is 0 Å². The number of unbranched alkanes of at least 4 members (excludes halogenated alkanes) is 18. The minimum absolute atomic E-state index is 0.00953. The van der Waals surface area contributed by atoms with Gasteiger partial charge in [-0.15, -0.1) is 0 Å². The minimum atomic E-state index is -4.46. The summed E-state index contributed by atoms with van der Waals surface area (Å²) in [5, 5.41) is 20.7. The van der Waals surface area contributed by atoms with E-state index < -0.39 is 44.7 Å². The molecule has 0 aliphatic heterocycles. The van der Waals surface area contributed by atoms with Gasteiger partial charge in [-0.05, 0) is 57.8 Å². The molecule has 1 rings (SSSR count). The molecule has 0 aromatic carbocycles. The molecule has 1 saturated carbocycles. The van der Waals surface area contributed by atoms with E-state index in [1.165, 1.54) is 83.5 Å². The van der Waals surface area contributed by atoms with E-state index in [-0.39, 0.29) is 56.6 Å². The number of aliphatic hydroxyl groups is 2. The third kappa shape index (κ3) is 30.8. The number of ketones is 1. The molecule has 1 aliphatic carbocycles. The van der Waals surface area contributed by atoms with Gasteiger partial charge in [0.1, 0.15) is 12.4 Å². The third-order valence-electron chi connectivity index (χ3n) is 10.9. The fourth-order valence-corrected chi connectivity index (χ4v) is 8.02. The van der Waals surface area contributed by atoms with Crippen LogP contribution in [0, 0.1) is 11.8 Å². The van der Waals surface area contributed by atoms with Crippen LogP contribution in [0.3, 0.4) is 0 Å². The van der Waals surface area contributed by atoms with Gasteiger partial charge in [-0.1, -0.05) is 147 Å². The summed E-state index contributed by atoms with van der Waals surface area (Å²) in [6.45, 7) is 3.32. The first-order chi connectivity index (χ1) is 29.0. The molecule has 0 saturated heterocycles. The lowest BCUT2D eigenvalue weighted by atomic mass is 9.90. The van der Waals surface area contributed by atoms with E-state index in [1.54, 1.807) is 12.2 Å². The smallest absolute Gasteiger partial charge is 0.462 e. The van der Waals surface area contributed by atoms with Crippen molar-refractivity contribution < 1.29 is 52.6 Å². The van der Waals surface area contributed by atoms with E-state index in [4.69, 9.17) is 24.3 Å². The van der Waals surface area contributed by atoms with Crippen molar-refractivity contribution >= 4 is 25.5 Å². The quantitative estimate of drug-likeness (QED) is 0.0197. The Morgan fingerprint density at radius 2 is 1.30 bits per heavy atom. The van der Waals surface area contributed by atoms with Crippen LogP contribution in [-0.2, 0) is 37.5 Å². The zero-order chi connectivity index (χ0) is 44.1. The number of carbonyl (C=O) groups is 3. The molecule has 60 heavy (non-hydrogen) atoms. The standard InChI is InChI=1S/C47H84NO11P/c1-3-5-7-8-9-10-11-12-13-14-15-16-17-18-19-20-21-22-27-31-46(52)56-38-41(39-58-60(54,55)57-36-35-48)59-47(53)32-28-24-23-26-30-42-43(45(51)37-44(42)50)34-33-40(49)29-25-6-4-2/h12-13,23,26,33-34,40-43,45,49,51H,3-11,14-22,24-25,27-32,35-39,48H2,1-2H3,(H,54,55)/b13-12-,26-23-,34-33+/t40-,41+,42+,43+,45+/m0/s1. The first-order valence-corrected chi connectivity index (χ1v) is 25.1. The van der Waals surface area contributed by atoms with Crippen LogP contribution in [0.25, 0.3) is 0 Å². The molecule has 0 radical (unpaired) electrons. The molecular formula is C47H84NO11P. The molecule has 5 N–H and O–H groups in total. The Kier molecular flexibility index (Phi) is 34.8. The third-order valence-corrected chi connectivity index (χ3v) is 11.9. The zero-order valence-electron chi connectivity index (χ0n) is 37.4. The highest BCUT2D eigenvalue weighted by Crippen LogP contribution is 2.43. The largest absolute Gasteiger partial charge is 0.472 e. The van der Waals surface area contributed by atoms with Gasteiger partial charge in [0.05, 0.1) is 25.4 Å². The second-order valence-electron chi connectivity index (χ2n) is 16.4. The molecule has 13 heteroatoms. The SMILES string of the molecule is CCCCCCCC/C=C\CCCCCCCCCCCC(=O)OC[C@H](COP(=O)(O)OCCN)OC(=O)CCC/C=C\C[C@H]1C(=O)C[C@@H](O)[C@@H]1/C=C/[C@@H](O)CCCCC. The number of Topliss-reactive ketones (excluding diaryl/α,β-unsaturated/α-hetero) is 1. The number of ether oxygens (including phenoxy) is 2. The average molecular weight is 870 g/mol. The first-order valence-electron chi connectivity index (χ1n) is 23.6. The van der Waals surface area contributed by atoms with Gasteiger partial charge >= 0.3 is 19.8 Å². The van der Waals surface area contributed by atoms with Crippen molar-refractivity contribution in [3.8, 4) is 0 Å². The number of hydrogen-bond acceptors (Lipinski definition) is 11. The fraction of sp³-hybridized carbons (Fsp3) is 0.809. The summed E-state index contributed by atoms with van der Waals surface area (Å²) >= 11 is 0. The monoisotopic (exact) mass is 870 g/mol. The Balaban J connectivity index is 2.35. The molecule has 0 amide bonds. The highest BCUT2D eigenvalue weighted by atomic mass is 31.2. The van der Waals surface area contributed by atoms with Crippen LogP contribution in [0.1, 0.15) is 187 Å². The lowest BCUT2D eigenvalue weighted by Gasteiger charge is -2.19. The number of esters is 2. The van der Waals surface area contributed by atoms with Crippen molar-refractivity contribution in [1.29, 1.82) is 0 Å². The Hall–Kier alpha value is -2.18. The number of allylic oxidation sites excluding steroid dienone is 4. The van der Waals surface area contributed by atoms with Crippen molar-refractivity contribution in [2.75, 3.05) is 26.4 Å². The maximum Gasteiger partial charge on any atom is 0.472 e. The second-order valence-corrected chi connectivity index (χ2v) is 17.9. The van der Waals surface area contributed by atoms with Gasteiger partial charge < -0.3 is 30.3 Å². The second kappa shape index (κ2) is 37.4. The van der Waals surface area contributed by atoms with Crippen LogP contribution in [0.2, 0.25) is 0 Å². The molecule has 0 spiro atoms. The molecule has 1 aliphatic rings. The number of rotatable bonds is 40. The van der Waals surface area contributed by atoms with Crippen molar-refractivity contribution in [2.45, 2.75) is 206 Å². The lowest BCUT2D eigenvalue weighted by Crippen LogP contribution is -2.29. The molecule has 0 aromatic heterocycles. The summed E-state index contributed by atoms with van der Waals surface area (Å²) in [6.07, 6.45) is 35.4. The molecule has 0 heterocycles. The average Bonchev–Trinajstić information content (AvgIpc) is 3.49. The molecule has 1 fully saturated rings. The van der Waals surface area contributed by atoms with Crippen LogP contribution < -0.4 is 5.73 Å². The van der Waals surface area contributed by atoms with Crippen LogP contribution in [0.5, 0.6) is 0 Å². The maximum atomic E-state index is 12.7. The summed E-state index contributed by atoms with van der Waals surface area (Å²) in [6, 6.07) is 0. The van der Waals surface area contributed by atoms with E-state index in [0.29, 0.717) is 32.1 Å². The summed E-state index contributed by atoms with van der Waals surface area (Å²) in [4.78, 5) is 47.7. The number of aliphatic hydroxyl groups excluding tert-OH is 2. The fourth-order valence-electron chi connectivity index (χ4n) is 7.26. The van der Waals surface area contributed by atoms with Gasteiger partial charge in [0.15, 0.2) is 6.10 Å². The molecule has 6 atom stereocenters. The minimum Gasteiger partial charge on any atom is -0.462 e. The predicted molar refractivity (Wildman–Crippen MR) is 239 cm³/mol. The topological polar surface area (TPSA) is 192 Å². The highest BCUT2D eigenvalue weighted by molar-refractivity contribution is 7.47. The molecule has 1 unspecified atom stereocenters. The zero-order valence-corrected chi connectivity index (χ0v) is 38.3. The van der Waals surface area contributed by atoms with E-state index in [9.17, 15) is 34.1 Å². The number of nitrogens with two attached hydrogens (primary N) is 1. The molecule has 0 aromatic rings. The van der Waals surface area contributed by atoms with Gasteiger partial charge in [-0.2, -0.15) is 0 Å². The molecular weight excluding hydrogens is 785 g/mol. The van der Waals surface area contributed by atoms with Crippen LogP contribution >= 0.6 is 7.82 Å². The Labute approximate surface area is 363 Å². The van der Waals surface area contributed by atoms with Gasteiger partial charge in [0, 0.05) is 37.6 Å². The molecule has 0 bridgehead atoms. The Morgan fingerprint density at radius 3 is 1.93 bits per heavy atom. The van der Waals surface area contributed by atoms with Gasteiger partial charge in [0.2, 0.25) is 0 Å². The predicted octanol–water partition coefficient (Wildman–Crippen LogP) is 10.3. The number of hydrogen-bond donors (Lipinski definition) is 4. The molecule has 12 nitrogen and oxygen atoms in total. The summed E-state index contributed by atoms with van der Waals surface area (Å²) in [7, 11) is -4.46. The Morgan fingerprint density at radius 1 is 0.750 bits per heavy atom. The maximum absolute atomic E-state index is 12.7. The number of phosphoric ester groups is 1. The van der Waals surface area contributed by atoms with Crippen LogP contribution in [0.4, 0.5) is 0 Å². The van der Waals surface area contributed by atoms with Crippen molar-refractivity contribution in [2.24, 2.45) is 17.6 Å². The number of phosphoric acid groups is 1. The van der Waals surface area contributed by atoms with Crippen molar-refractivity contribution in [3.05, 3.63) is 36.5 Å².